The molecule has 5 nitrogen and oxygen atoms in total. The van der Waals surface area contributed by atoms with E-state index in [0.717, 1.165) is 5.56 Å². The highest BCUT2D eigenvalue weighted by Crippen LogP contribution is 2.17. The van der Waals surface area contributed by atoms with Gasteiger partial charge in [0.25, 0.3) is 15.9 Å². The molecule has 0 bridgehead atoms. The van der Waals surface area contributed by atoms with Gasteiger partial charge in [-0.2, -0.15) is 0 Å². The molecular formula is C12H17NO4S. The smallest absolute Gasteiger partial charge is 0.264 e. The second kappa shape index (κ2) is 5.49. The van der Waals surface area contributed by atoms with Gasteiger partial charge in [0.1, 0.15) is 6.10 Å². The zero-order chi connectivity index (χ0) is 13.9. The van der Waals surface area contributed by atoms with E-state index in [2.05, 4.69) is 0 Å². The summed E-state index contributed by atoms with van der Waals surface area (Å²) >= 11 is 0. The largest absolute Gasteiger partial charge is 0.384 e. The third-order valence-corrected chi connectivity index (χ3v) is 3.83. The fourth-order valence-corrected chi connectivity index (χ4v) is 2.36. The van der Waals surface area contributed by atoms with E-state index in [9.17, 15) is 13.2 Å². The summed E-state index contributed by atoms with van der Waals surface area (Å²) < 4.78 is 25.4. The van der Waals surface area contributed by atoms with Gasteiger partial charge in [-0.3, -0.25) is 4.79 Å². The van der Waals surface area contributed by atoms with Gasteiger partial charge in [-0.25, -0.2) is 13.1 Å². The molecule has 6 heteroatoms. The maximum Gasteiger partial charge on any atom is 0.264 e. The molecule has 1 rings (SSSR count). The fourth-order valence-electron chi connectivity index (χ4n) is 1.31. The van der Waals surface area contributed by atoms with Gasteiger partial charge in [-0.15, -0.1) is 0 Å². The van der Waals surface area contributed by atoms with Crippen molar-refractivity contribution in [1.82, 2.24) is 4.72 Å². The lowest BCUT2D eigenvalue weighted by Gasteiger charge is -2.10. The van der Waals surface area contributed by atoms with Crippen molar-refractivity contribution >= 4 is 15.9 Å². The molecule has 1 amide bonds. The summed E-state index contributed by atoms with van der Waals surface area (Å²) in [4.78, 5) is 11.2. The van der Waals surface area contributed by atoms with Crippen LogP contribution in [0.25, 0.3) is 0 Å². The van der Waals surface area contributed by atoms with Crippen molar-refractivity contribution in [3.8, 4) is 0 Å². The molecule has 0 aliphatic carbocycles. The molecule has 0 aliphatic rings. The second-order valence-corrected chi connectivity index (χ2v) is 6.05. The normalized spacial score (nSPS) is 13.4. The minimum atomic E-state index is -3.91. The van der Waals surface area contributed by atoms with Gasteiger partial charge in [-0.05, 0) is 30.5 Å². The molecule has 2 N–H and O–H groups in total. The third-order valence-electron chi connectivity index (χ3n) is 2.47. The number of sulfonamides is 1. The quantitative estimate of drug-likeness (QED) is 0.855. The van der Waals surface area contributed by atoms with E-state index in [-0.39, 0.29) is 4.90 Å². The Labute approximate surface area is 107 Å². The maximum atomic E-state index is 11.8. The first-order chi connectivity index (χ1) is 8.24. The molecule has 1 atom stereocenters. The molecule has 0 saturated carbocycles. The van der Waals surface area contributed by atoms with Crippen LogP contribution < -0.4 is 4.72 Å². The highest BCUT2D eigenvalue weighted by Gasteiger charge is 2.20. The average molecular weight is 271 g/mol. The molecule has 0 aliphatic heterocycles. The number of rotatable bonds is 4. The first-order valence-corrected chi connectivity index (χ1v) is 7.07. The molecule has 0 radical (unpaired) electrons. The van der Waals surface area contributed by atoms with Crippen LogP contribution >= 0.6 is 0 Å². The van der Waals surface area contributed by atoms with Crippen LogP contribution in [0.5, 0.6) is 0 Å². The summed E-state index contributed by atoms with van der Waals surface area (Å²) in [5, 5.41) is 8.97. The number of carbonyl (C=O) groups is 1. The Kier molecular flexibility index (Phi) is 4.48. The highest BCUT2D eigenvalue weighted by atomic mass is 32.2. The van der Waals surface area contributed by atoms with Gasteiger partial charge in [0.2, 0.25) is 0 Å². The Hall–Kier alpha value is -1.40. The Morgan fingerprint density at radius 2 is 1.67 bits per heavy atom. The monoisotopic (exact) mass is 271 g/mol. The first-order valence-electron chi connectivity index (χ1n) is 5.58. The summed E-state index contributed by atoms with van der Waals surface area (Å²) in [6, 6.07) is 6.28. The number of aliphatic hydroxyl groups is 1. The molecule has 0 heterocycles. The molecule has 1 aromatic carbocycles. The van der Waals surface area contributed by atoms with Gasteiger partial charge in [0.15, 0.2) is 0 Å². The summed E-state index contributed by atoms with van der Waals surface area (Å²) in [6.07, 6.45) is -1.37. The van der Waals surface area contributed by atoms with Gasteiger partial charge in [0.05, 0.1) is 4.90 Å². The Morgan fingerprint density at radius 1 is 1.17 bits per heavy atom. The van der Waals surface area contributed by atoms with Crippen LogP contribution in [0, 0.1) is 0 Å². The van der Waals surface area contributed by atoms with Crippen molar-refractivity contribution in [2.75, 3.05) is 0 Å². The lowest BCUT2D eigenvalue weighted by atomic mass is 10.0. The molecule has 0 fully saturated rings. The summed E-state index contributed by atoms with van der Waals surface area (Å²) in [7, 11) is -3.91. The van der Waals surface area contributed by atoms with Gasteiger partial charge in [0, 0.05) is 0 Å². The number of carbonyl (C=O) groups excluding carboxylic acids is 1. The van der Waals surface area contributed by atoms with Gasteiger partial charge >= 0.3 is 0 Å². The van der Waals surface area contributed by atoms with Crippen molar-refractivity contribution in [2.45, 2.75) is 37.7 Å². The van der Waals surface area contributed by atoms with E-state index in [1.807, 2.05) is 13.8 Å². The third kappa shape index (κ3) is 3.54. The van der Waals surface area contributed by atoms with Crippen LogP contribution in [0.2, 0.25) is 0 Å². The van der Waals surface area contributed by atoms with Gasteiger partial charge in [-0.1, -0.05) is 26.0 Å². The average Bonchev–Trinajstić information content (AvgIpc) is 2.28. The van der Waals surface area contributed by atoms with Crippen LogP contribution in [0.4, 0.5) is 0 Å². The molecular weight excluding hydrogens is 254 g/mol. The minimum Gasteiger partial charge on any atom is -0.384 e. The van der Waals surface area contributed by atoms with Crippen molar-refractivity contribution in [1.29, 1.82) is 0 Å². The van der Waals surface area contributed by atoms with Crippen molar-refractivity contribution in [2.24, 2.45) is 0 Å². The summed E-state index contributed by atoms with van der Waals surface area (Å²) in [5.41, 5.74) is 1.01. The van der Waals surface area contributed by atoms with E-state index in [1.165, 1.54) is 19.1 Å². The Balaban J connectivity index is 2.96. The van der Waals surface area contributed by atoms with Crippen molar-refractivity contribution in [3.05, 3.63) is 29.8 Å². The van der Waals surface area contributed by atoms with Gasteiger partial charge < -0.3 is 5.11 Å². The van der Waals surface area contributed by atoms with E-state index >= 15 is 0 Å². The molecule has 0 unspecified atom stereocenters. The van der Waals surface area contributed by atoms with E-state index in [0.29, 0.717) is 5.92 Å². The number of hydrogen-bond donors (Lipinski definition) is 2. The highest BCUT2D eigenvalue weighted by molar-refractivity contribution is 7.90. The van der Waals surface area contributed by atoms with E-state index in [1.54, 1.807) is 16.9 Å². The first kappa shape index (κ1) is 14.7. The maximum absolute atomic E-state index is 11.8. The van der Waals surface area contributed by atoms with Crippen LogP contribution in [-0.2, 0) is 14.8 Å². The lowest BCUT2D eigenvalue weighted by molar-refractivity contribution is -0.126. The second-order valence-electron chi connectivity index (χ2n) is 4.37. The molecule has 18 heavy (non-hydrogen) atoms. The molecule has 1 aromatic rings. The lowest BCUT2D eigenvalue weighted by Crippen LogP contribution is -2.37. The zero-order valence-corrected chi connectivity index (χ0v) is 11.4. The van der Waals surface area contributed by atoms with Crippen LogP contribution in [0.3, 0.4) is 0 Å². The molecule has 100 valence electrons. The number of benzene rings is 1. The molecule has 0 saturated heterocycles. The summed E-state index contributed by atoms with van der Waals surface area (Å²) in [6.45, 7) is 5.20. The predicted octanol–water partition coefficient (Wildman–Crippen LogP) is 0.996. The predicted molar refractivity (Wildman–Crippen MR) is 67.5 cm³/mol. The van der Waals surface area contributed by atoms with Crippen LogP contribution in [0.1, 0.15) is 32.3 Å². The van der Waals surface area contributed by atoms with Crippen LogP contribution in [-0.4, -0.2) is 25.5 Å². The fraction of sp³-hybridized carbons (Fsp3) is 0.417. The van der Waals surface area contributed by atoms with Crippen LogP contribution in [0.15, 0.2) is 29.2 Å². The minimum absolute atomic E-state index is 0.000833. The number of aliphatic hydroxyl groups excluding tert-OH is 1. The topological polar surface area (TPSA) is 83.5 Å². The molecule has 0 aromatic heterocycles. The van der Waals surface area contributed by atoms with E-state index < -0.39 is 22.0 Å². The van der Waals surface area contributed by atoms with Crippen molar-refractivity contribution in [3.63, 3.8) is 0 Å². The Morgan fingerprint density at radius 3 is 2.06 bits per heavy atom. The SMILES string of the molecule is CC(C)c1ccc(S(=O)(=O)NC(=O)[C@H](C)O)cc1. The summed E-state index contributed by atoms with van der Waals surface area (Å²) in [5.74, 6) is -0.642. The number of hydrogen-bond acceptors (Lipinski definition) is 4. The molecule has 0 spiro atoms. The van der Waals surface area contributed by atoms with Crippen molar-refractivity contribution < 1.29 is 18.3 Å². The number of nitrogens with one attached hydrogen (secondary N) is 1. The zero-order valence-electron chi connectivity index (χ0n) is 10.5. The van der Waals surface area contributed by atoms with E-state index in [4.69, 9.17) is 5.11 Å². The Bertz CT molecular complexity index is 518. The number of amides is 1. The standard InChI is InChI=1S/C12H17NO4S/c1-8(2)10-4-6-11(7-5-10)18(16,17)13-12(15)9(3)14/h4-9,14H,1-3H3,(H,13,15)/t9-/m0/s1.